The summed E-state index contributed by atoms with van der Waals surface area (Å²) in [5.74, 6) is 1.41. The zero-order valence-electron chi connectivity index (χ0n) is 12.7. The fourth-order valence-electron chi connectivity index (χ4n) is 2.17. The fraction of sp³-hybridized carbons (Fsp3) is 0.562. The van der Waals surface area contributed by atoms with E-state index >= 15 is 0 Å². The maximum atomic E-state index is 11.9. The first kappa shape index (κ1) is 16.5. The van der Waals surface area contributed by atoms with Gasteiger partial charge in [-0.15, -0.1) is 0 Å². The first-order valence-corrected chi connectivity index (χ1v) is 7.17. The first-order valence-electron chi connectivity index (χ1n) is 7.17. The molecular formula is C16H26N2O2. The monoisotopic (exact) mass is 278 g/mol. The number of aryl methyl sites for hydroxylation is 1. The van der Waals surface area contributed by atoms with Gasteiger partial charge in [0.2, 0.25) is 5.91 Å². The lowest BCUT2D eigenvalue weighted by molar-refractivity contribution is -0.121. The molecule has 0 fully saturated rings. The summed E-state index contributed by atoms with van der Waals surface area (Å²) in [4.78, 5) is 11.9. The highest BCUT2D eigenvalue weighted by molar-refractivity contribution is 5.76. The number of nitrogens with one attached hydrogen (secondary N) is 1. The molecule has 20 heavy (non-hydrogen) atoms. The molecule has 0 aliphatic heterocycles. The van der Waals surface area contributed by atoms with Crippen LogP contribution < -0.4 is 15.8 Å². The number of ether oxygens (including phenoxy) is 1. The molecule has 4 nitrogen and oxygen atoms in total. The van der Waals surface area contributed by atoms with Crippen LogP contribution in [0.1, 0.15) is 32.3 Å². The van der Waals surface area contributed by atoms with E-state index in [1.54, 1.807) is 7.11 Å². The number of carbonyl (C=O) groups is 1. The van der Waals surface area contributed by atoms with Crippen molar-refractivity contribution in [2.24, 2.45) is 11.7 Å². The summed E-state index contributed by atoms with van der Waals surface area (Å²) in [6, 6.07) is 7.88. The van der Waals surface area contributed by atoms with E-state index in [0.717, 1.165) is 17.7 Å². The molecule has 0 spiro atoms. The Labute approximate surface area is 121 Å². The zero-order chi connectivity index (χ0) is 15.0. The van der Waals surface area contributed by atoms with Crippen LogP contribution in [0.5, 0.6) is 5.75 Å². The van der Waals surface area contributed by atoms with Crippen molar-refractivity contribution >= 4 is 5.91 Å². The fourth-order valence-corrected chi connectivity index (χ4v) is 2.17. The van der Waals surface area contributed by atoms with Crippen molar-refractivity contribution < 1.29 is 9.53 Å². The molecule has 1 amide bonds. The van der Waals surface area contributed by atoms with Crippen LogP contribution in [0.3, 0.4) is 0 Å². The number of benzene rings is 1. The van der Waals surface area contributed by atoms with Gasteiger partial charge in [-0.25, -0.2) is 0 Å². The van der Waals surface area contributed by atoms with Gasteiger partial charge in [0.15, 0.2) is 0 Å². The highest BCUT2D eigenvalue weighted by Gasteiger charge is 2.12. The molecule has 0 bridgehead atoms. The molecule has 0 aliphatic rings. The third-order valence-corrected chi connectivity index (χ3v) is 3.18. The molecular weight excluding hydrogens is 252 g/mol. The minimum Gasteiger partial charge on any atom is -0.497 e. The molecule has 112 valence electrons. The Kier molecular flexibility index (Phi) is 7.09. The van der Waals surface area contributed by atoms with Gasteiger partial charge >= 0.3 is 0 Å². The number of rotatable bonds is 8. The number of methoxy groups -OCH3 is 1. The Hall–Kier alpha value is -1.55. The van der Waals surface area contributed by atoms with Crippen LogP contribution in [0.4, 0.5) is 0 Å². The van der Waals surface area contributed by atoms with E-state index in [0.29, 0.717) is 25.3 Å². The van der Waals surface area contributed by atoms with Crippen LogP contribution in [0.2, 0.25) is 0 Å². The predicted molar refractivity (Wildman–Crippen MR) is 81.8 cm³/mol. The van der Waals surface area contributed by atoms with Gasteiger partial charge in [0.1, 0.15) is 5.75 Å². The van der Waals surface area contributed by atoms with E-state index in [4.69, 9.17) is 10.5 Å². The molecule has 1 aromatic rings. The van der Waals surface area contributed by atoms with Gasteiger partial charge in [-0.05, 0) is 36.5 Å². The lowest BCUT2D eigenvalue weighted by Gasteiger charge is -2.18. The standard InChI is InChI=1S/C16H26N2O2/c1-12(2)9-14(11-17)18-16(19)8-7-13-5-4-6-15(10-13)20-3/h4-6,10,12,14H,7-9,11,17H2,1-3H3,(H,18,19). The second-order valence-corrected chi connectivity index (χ2v) is 5.48. The average Bonchev–Trinajstić information content (AvgIpc) is 2.44. The summed E-state index contributed by atoms with van der Waals surface area (Å²) in [7, 11) is 1.64. The second-order valence-electron chi connectivity index (χ2n) is 5.48. The van der Waals surface area contributed by atoms with E-state index in [1.165, 1.54) is 0 Å². The Bertz CT molecular complexity index is 419. The maximum Gasteiger partial charge on any atom is 0.220 e. The van der Waals surface area contributed by atoms with Crippen LogP contribution in [-0.2, 0) is 11.2 Å². The molecule has 1 unspecified atom stereocenters. The van der Waals surface area contributed by atoms with Crippen LogP contribution >= 0.6 is 0 Å². The predicted octanol–water partition coefficient (Wildman–Crippen LogP) is 2.12. The summed E-state index contributed by atoms with van der Waals surface area (Å²) in [5, 5.41) is 3.00. The van der Waals surface area contributed by atoms with Crippen molar-refractivity contribution in [3.8, 4) is 5.75 Å². The summed E-state index contributed by atoms with van der Waals surface area (Å²) in [6.45, 7) is 4.75. The minimum absolute atomic E-state index is 0.0592. The molecule has 0 radical (unpaired) electrons. The zero-order valence-corrected chi connectivity index (χ0v) is 12.7. The molecule has 1 atom stereocenters. The van der Waals surface area contributed by atoms with Crippen LogP contribution in [0.15, 0.2) is 24.3 Å². The Balaban J connectivity index is 2.42. The number of hydrogen-bond donors (Lipinski definition) is 2. The molecule has 0 saturated carbocycles. The van der Waals surface area contributed by atoms with Crippen molar-refractivity contribution in [3.05, 3.63) is 29.8 Å². The van der Waals surface area contributed by atoms with Crippen LogP contribution in [0.25, 0.3) is 0 Å². The highest BCUT2D eigenvalue weighted by Crippen LogP contribution is 2.14. The Morgan fingerprint density at radius 1 is 1.40 bits per heavy atom. The molecule has 0 heterocycles. The van der Waals surface area contributed by atoms with E-state index in [1.807, 2.05) is 24.3 Å². The maximum absolute atomic E-state index is 11.9. The SMILES string of the molecule is COc1cccc(CCC(=O)NC(CN)CC(C)C)c1. The van der Waals surface area contributed by atoms with Gasteiger partial charge in [-0.3, -0.25) is 4.79 Å². The quantitative estimate of drug-likeness (QED) is 0.765. The van der Waals surface area contributed by atoms with Crippen molar-refractivity contribution in [2.45, 2.75) is 39.2 Å². The molecule has 0 aliphatic carbocycles. The van der Waals surface area contributed by atoms with Crippen molar-refractivity contribution in [3.63, 3.8) is 0 Å². The summed E-state index contributed by atoms with van der Waals surface area (Å²) in [5.41, 5.74) is 6.79. The third-order valence-electron chi connectivity index (χ3n) is 3.18. The summed E-state index contributed by atoms with van der Waals surface area (Å²) < 4.78 is 5.17. The molecule has 1 rings (SSSR count). The minimum atomic E-state index is 0.0592. The number of carbonyl (C=O) groups excluding carboxylic acids is 1. The van der Waals surface area contributed by atoms with Crippen LogP contribution in [0, 0.1) is 5.92 Å². The van der Waals surface area contributed by atoms with E-state index in [9.17, 15) is 4.79 Å². The van der Waals surface area contributed by atoms with E-state index in [-0.39, 0.29) is 11.9 Å². The molecule has 0 aromatic heterocycles. The van der Waals surface area contributed by atoms with Crippen molar-refractivity contribution in [1.29, 1.82) is 0 Å². The highest BCUT2D eigenvalue weighted by atomic mass is 16.5. The second kappa shape index (κ2) is 8.59. The van der Waals surface area contributed by atoms with Gasteiger partial charge in [-0.1, -0.05) is 26.0 Å². The van der Waals surface area contributed by atoms with Gasteiger partial charge in [0, 0.05) is 19.0 Å². The smallest absolute Gasteiger partial charge is 0.220 e. The lowest BCUT2D eigenvalue weighted by Crippen LogP contribution is -2.41. The van der Waals surface area contributed by atoms with Crippen molar-refractivity contribution in [1.82, 2.24) is 5.32 Å². The molecule has 3 N–H and O–H groups in total. The number of amides is 1. The van der Waals surface area contributed by atoms with E-state index in [2.05, 4.69) is 19.2 Å². The van der Waals surface area contributed by atoms with Gasteiger partial charge in [0.25, 0.3) is 0 Å². The normalized spacial score (nSPS) is 12.2. The number of nitrogens with two attached hydrogens (primary N) is 1. The number of hydrogen-bond acceptors (Lipinski definition) is 3. The lowest BCUT2D eigenvalue weighted by atomic mass is 10.0. The van der Waals surface area contributed by atoms with E-state index < -0.39 is 0 Å². The van der Waals surface area contributed by atoms with Crippen LogP contribution in [-0.4, -0.2) is 25.6 Å². The van der Waals surface area contributed by atoms with Gasteiger partial charge < -0.3 is 15.8 Å². The topological polar surface area (TPSA) is 64.3 Å². The first-order chi connectivity index (χ1) is 9.55. The molecule has 1 aromatic carbocycles. The average molecular weight is 278 g/mol. The van der Waals surface area contributed by atoms with Gasteiger partial charge in [-0.2, -0.15) is 0 Å². The summed E-state index contributed by atoms with van der Waals surface area (Å²) >= 11 is 0. The Morgan fingerprint density at radius 2 is 2.15 bits per heavy atom. The van der Waals surface area contributed by atoms with Gasteiger partial charge in [0.05, 0.1) is 7.11 Å². The third kappa shape index (κ3) is 6.06. The molecule has 4 heteroatoms. The largest absolute Gasteiger partial charge is 0.497 e. The molecule has 0 saturated heterocycles. The summed E-state index contributed by atoms with van der Waals surface area (Å²) in [6.07, 6.45) is 2.10. The van der Waals surface area contributed by atoms with Crippen molar-refractivity contribution in [2.75, 3.05) is 13.7 Å². The Morgan fingerprint density at radius 3 is 2.75 bits per heavy atom.